The van der Waals surface area contributed by atoms with Gasteiger partial charge in [-0.15, -0.1) is 0 Å². The van der Waals surface area contributed by atoms with Gasteiger partial charge in [-0.05, 0) is 26.7 Å². The molecule has 0 saturated carbocycles. The highest BCUT2D eigenvalue weighted by Crippen LogP contribution is 2.14. The van der Waals surface area contributed by atoms with Crippen molar-refractivity contribution in [2.75, 3.05) is 0 Å². The SMILES string of the molecule is CC[C@H](C)[C@H](NC(=O)Cn1cncn1)C(=O)OC(C)(C)C. The maximum Gasteiger partial charge on any atom is 0.329 e. The first kappa shape index (κ1) is 17.1. The van der Waals surface area contributed by atoms with Crippen LogP contribution in [0.15, 0.2) is 12.7 Å². The summed E-state index contributed by atoms with van der Waals surface area (Å²) >= 11 is 0. The van der Waals surface area contributed by atoms with E-state index in [1.54, 1.807) is 20.8 Å². The summed E-state index contributed by atoms with van der Waals surface area (Å²) in [6.45, 7) is 9.30. The third-order valence-corrected chi connectivity index (χ3v) is 2.96. The highest BCUT2D eigenvalue weighted by atomic mass is 16.6. The molecule has 0 fully saturated rings. The van der Waals surface area contributed by atoms with Crippen molar-refractivity contribution in [2.45, 2.75) is 59.2 Å². The summed E-state index contributed by atoms with van der Waals surface area (Å²) in [5.74, 6) is -0.722. The van der Waals surface area contributed by atoms with E-state index in [0.717, 1.165) is 6.42 Å². The zero-order valence-corrected chi connectivity index (χ0v) is 13.3. The molecule has 0 aliphatic heterocycles. The Balaban J connectivity index is 2.69. The molecular formula is C14H24N4O3. The smallest absolute Gasteiger partial charge is 0.329 e. The summed E-state index contributed by atoms with van der Waals surface area (Å²) < 4.78 is 6.77. The number of carbonyl (C=O) groups is 2. The van der Waals surface area contributed by atoms with E-state index in [1.807, 2.05) is 13.8 Å². The lowest BCUT2D eigenvalue weighted by Crippen LogP contribution is -2.48. The molecule has 0 unspecified atom stereocenters. The first-order valence-electron chi connectivity index (χ1n) is 7.07. The number of nitrogens with one attached hydrogen (secondary N) is 1. The van der Waals surface area contributed by atoms with Crippen molar-refractivity contribution in [3.63, 3.8) is 0 Å². The van der Waals surface area contributed by atoms with Gasteiger partial charge in [0.1, 0.15) is 30.8 Å². The third kappa shape index (κ3) is 5.93. The zero-order chi connectivity index (χ0) is 16.0. The fourth-order valence-corrected chi connectivity index (χ4v) is 1.72. The molecule has 7 heteroatoms. The lowest BCUT2D eigenvalue weighted by molar-refractivity contribution is -0.160. The first-order chi connectivity index (χ1) is 9.73. The van der Waals surface area contributed by atoms with Crippen molar-refractivity contribution in [1.29, 1.82) is 0 Å². The second-order valence-corrected chi connectivity index (χ2v) is 6.06. The van der Waals surface area contributed by atoms with Crippen LogP contribution in [0.4, 0.5) is 0 Å². The van der Waals surface area contributed by atoms with Crippen molar-refractivity contribution in [3.8, 4) is 0 Å². The Kier molecular flexibility index (Phi) is 5.87. The topological polar surface area (TPSA) is 86.1 Å². The summed E-state index contributed by atoms with van der Waals surface area (Å²) in [5.41, 5.74) is -0.584. The fraction of sp³-hybridized carbons (Fsp3) is 0.714. The van der Waals surface area contributed by atoms with E-state index >= 15 is 0 Å². The molecule has 1 heterocycles. The monoisotopic (exact) mass is 296 g/mol. The Hall–Kier alpha value is -1.92. The van der Waals surface area contributed by atoms with Crippen molar-refractivity contribution < 1.29 is 14.3 Å². The minimum atomic E-state index is -0.662. The summed E-state index contributed by atoms with van der Waals surface area (Å²) in [6.07, 6.45) is 3.56. The maximum absolute atomic E-state index is 12.2. The number of hydrogen-bond donors (Lipinski definition) is 1. The van der Waals surface area contributed by atoms with Crippen LogP contribution < -0.4 is 5.32 Å². The predicted molar refractivity (Wildman–Crippen MR) is 77.3 cm³/mol. The number of carbonyl (C=O) groups excluding carboxylic acids is 2. The molecule has 118 valence electrons. The van der Waals surface area contributed by atoms with Gasteiger partial charge in [0.2, 0.25) is 5.91 Å². The van der Waals surface area contributed by atoms with Crippen molar-refractivity contribution in [1.82, 2.24) is 20.1 Å². The van der Waals surface area contributed by atoms with E-state index in [0.29, 0.717) is 0 Å². The molecule has 0 spiro atoms. The average molecular weight is 296 g/mol. The number of rotatable bonds is 6. The molecule has 1 amide bonds. The molecular weight excluding hydrogens is 272 g/mol. The molecule has 1 rings (SSSR count). The van der Waals surface area contributed by atoms with Crippen LogP contribution in [0.1, 0.15) is 41.0 Å². The standard InChI is InChI=1S/C14H24N4O3/c1-6-10(2)12(13(20)21-14(3,4)5)17-11(19)7-18-9-15-8-16-18/h8-10,12H,6-7H2,1-5H3,(H,17,19)/t10-,12-/m0/s1. The van der Waals surface area contributed by atoms with Gasteiger partial charge in [0.05, 0.1) is 0 Å². The summed E-state index contributed by atoms with van der Waals surface area (Å²) in [5, 5.41) is 6.59. The van der Waals surface area contributed by atoms with Crippen LogP contribution in [0.25, 0.3) is 0 Å². The Bertz CT molecular complexity index is 465. The zero-order valence-electron chi connectivity index (χ0n) is 13.3. The molecule has 0 aliphatic rings. The summed E-state index contributed by atoms with van der Waals surface area (Å²) in [7, 11) is 0. The van der Waals surface area contributed by atoms with Crippen LogP contribution in [-0.2, 0) is 20.9 Å². The number of ether oxygens (including phenoxy) is 1. The molecule has 0 aliphatic carbocycles. The molecule has 0 aromatic carbocycles. The number of esters is 1. The van der Waals surface area contributed by atoms with Gasteiger partial charge in [-0.1, -0.05) is 20.3 Å². The number of aromatic nitrogens is 3. The van der Waals surface area contributed by atoms with Gasteiger partial charge in [-0.2, -0.15) is 5.10 Å². The Morgan fingerprint density at radius 1 is 1.38 bits per heavy atom. The second-order valence-electron chi connectivity index (χ2n) is 6.06. The molecule has 7 nitrogen and oxygen atoms in total. The van der Waals surface area contributed by atoms with E-state index in [-0.39, 0.29) is 18.4 Å². The van der Waals surface area contributed by atoms with E-state index < -0.39 is 17.6 Å². The fourth-order valence-electron chi connectivity index (χ4n) is 1.72. The first-order valence-corrected chi connectivity index (χ1v) is 7.07. The minimum Gasteiger partial charge on any atom is -0.458 e. The third-order valence-electron chi connectivity index (χ3n) is 2.96. The van der Waals surface area contributed by atoms with Gasteiger partial charge in [-0.25, -0.2) is 14.5 Å². The minimum absolute atomic E-state index is 0.0143. The Labute approximate surface area is 125 Å². The van der Waals surface area contributed by atoms with Crippen LogP contribution >= 0.6 is 0 Å². The molecule has 2 atom stereocenters. The molecule has 21 heavy (non-hydrogen) atoms. The number of hydrogen-bond acceptors (Lipinski definition) is 5. The van der Waals surface area contributed by atoms with Crippen LogP contribution in [-0.4, -0.2) is 38.3 Å². The largest absolute Gasteiger partial charge is 0.458 e. The molecule has 0 saturated heterocycles. The Morgan fingerprint density at radius 3 is 2.52 bits per heavy atom. The normalized spacial score (nSPS) is 14.3. The maximum atomic E-state index is 12.2. The predicted octanol–water partition coefficient (Wildman–Crippen LogP) is 1.15. The average Bonchev–Trinajstić information content (AvgIpc) is 2.85. The highest BCUT2D eigenvalue weighted by molar-refractivity contribution is 5.84. The van der Waals surface area contributed by atoms with Crippen LogP contribution in [0, 0.1) is 5.92 Å². The summed E-state index contributed by atoms with van der Waals surface area (Å²) in [6, 6.07) is -0.662. The van der Waals surface area contributed by atoms with Crippen molar-refractivity contribution in [2.24, 2.45) is 5.92 Å². The molecule has 0 radical (unpaired) electrons. The summed E-state index contributed by atoms with van der Waals surface area (Å²) in [4.78, 5) is 28.0. The van der Waals surface area contributed by atoms with Gasteiger partial charge in [0, 0.05) is 0 Å². The van der Waals surface area contributed by atoms with E-state index in [1.165, 1.54) is 17.3 Å². The van der Waals surface area contributed by atoms with Crippen LogP contribution in [0.3, 0.4) is 0 Å². The lowest BCUT2D eigenvalue weighted by atomic mass is 9.99. The van der Waals surface area contributed by atoms with Gasteiger partial charge in [0.25, 0.3) is 0 Å². The van der Waals surface area contributed by atoms with Gasteiger partial charge in [0.15, 0.2) is 0 Å². The number of amides is 1. The van der Waals surface area contributed by atoms with E-state index in [2.05, 4.69) is 15.4 Å². The Morgan fingerprint density at radius 2 is 2.05 bits per heavy atom. The van der Waals surface area contributed by atoms with Crippen LogP contribution in [0.2, 0.25) is 0 Å². The van der Waals surface area contributed by atoms with E-state index in [9.17, 15) is 9.59 Å². The number of nitrogens with zero attached hydrogens (tertiary/aromatic N) is 3. The lowest BCUT2D eigenvalue weighted by Gasteiger charge is -2.27. The molecule has 1 aromatic rings. The van der Waals surface area contributed by atoms with Gasteiger partial charge < -0.3 is 10.1 Å². The van der Waals surface area contributed by atoms with Gasteiger partial charge >= 0.3 is 5.97 Å². The van der Waals surface area contributed by atoms with Gasteiger partial charge in [-0.3, -0.25) is 4.79 Å². The molecule has 1 aromatic heterocycles. The quantitative estimate of drug-likeness (QED) is 0.796. The van der Waals surface area contributed by atoms with Crippen LogP contribution in [0.5, 0.6) is 0 Å². The molecule has 0 bridgehead atoms. The highest BCUT2D eigenvalue weighted by Gasteiger charge is 2.30. The van der Waals surface area contributed by atoms with E-state index in [4.69, 9.17) is 4.74 Å². The second kappa shape index (κ2) is 7.19. The van der Waals surface area contributed by atoms with Crippen molar-refractivity contribution >= 4 is 11.9 Å². The molecule has 1 N–H and O–H groups in total. The van der Waals surface area contributed by atoms with Crippen molar-refractivity contribution in [3.05, 3.63) is 12.7 Å².